The minimum absolute atomic E-state index is 0.438. The molecule has 1 aliphatic rings. The number of fused-ring (bicyclic) bond motifs is 1. The Balaban J connectivity index is 2.15. The van der Waals surface area contributed by atoms with E-state index < -0.39 is 11.7 Å². The second kappa shape index (κ2) is 5.38. The molecule has 0 aromatic heterocycles. The molecule has 1 heterocycles. The molecule has 0 spiro atoms. The molecule has 1 aliphatic heterocycles. The molecule has 0 fully saturated rings. The van der Waals surface area contributed by atoms with Gasteiger partial charge in [-0.3, -0.25) is 0 Å². The zero-order valence-electron chi connectivity index (χ0n) is 12.4. The highest BCUT2D eigenvalue weighted by atomic mass is 16.5. The SMILES string of the molecule is CC(C)=CCC[C@@]1(C)Oc2ccc(C)cc2C[C@H]1O. The quantitative estimate of drug-likeness (QED) is 0.838. The Hall–Kier alpha value is -1.28. The van der Waals surface area contributed by atoms with Crippen LogP contribution in [0, 0.1) is 6.92 Å². The first kappa shape index (κ1) is 14.1. The van der Waals surface area contributed by atoms with Crippen molar-refractivity contribution in [1.29, 1.82) is 0 Å². The molecule has 0 saturated carbocycles. The van der Waals surface area contributed by atoms with E-state index in [0.29, 0.717) is 6.42 Å². The number of rotatable bonds is 3. The Labute approximate surface area is 116 Å². The molecule has 0 saturated heterocycles. The van der Waals surface area contributed by atoms with Crippen LogP contribution in [0.1, 0.15) is 44.7 Å². The highest BCUT2D eigenvalue weighted by Gasteiger charge is 2.39. The van der Waals surface area contributed by atoms with Crippen LogP contribution in [0.2, 0.25) is 0 Å². The molecule has 0 aliphatic carbocycles. The van der Waals surface area contributed by atoms with E-state index in [1.54, 1.807) is 0 Å². The maximum absolute atomic E-state index is 10.4. The van der Waals surface area contributed by atoms with E-state index in [1.807, 2.05) is 13.0 Å². The van der Waals surface area contributed by atoms with Gasteiger partial charge >= 0.3 is 0 Å². The molecular formula is C17H24O2. The van der Waals surface area contributed by atoms with E-state index in [4.69, 9.17) is 4.74 Å². The van der Waals surface area contributed by atoms with Gasteiger partial charge in [0.2, 0.25) is 0 Å². The predicted molar refractivity (Wildman–Crippen MR) is 78.6 cm³/mol. The lowest BCUT2D eigenvalue weighted by Gasteiger charge is -2.40. The number of aliphatic hydroxyl groups excluding tert-OH is 1. The van der Waals surface area contributed by atoms with Crippen LogP contribution in [-0.2, 0) is 6.42 Å². The predicted octanol–water partition coefficient (Wildman–Crippen LogP) is 3.80. The second-order valence-corrected chi connectivity index (χ2v) is 6.07. The van der Waals surface area contributed by atoms with Gasteiger partial charge in [-0.15, -0.1) is 0 Å². The molecule has 2 nitrogen and oxygen atoms in total. The number of aliphatic hydroxyl groups is 1. The third-order valence-corrected chi connectivity index (χ3v) is 3.87. The molecule has 19 heavy (non-hydrogen) atoms. The third kappa shape index (κ3) is 3.19. The van der Waals surface area contributed by atoms with Crippen molar-refractivity contribution >= 4 is 0 Å². The van der Waals surface area contributed by atoms with Crippen LogP contribution in [0.25, 0.3) is 0 Å². The Morgan fingerprint density at radius 3 is 2.89 bits per heavy atom. The topological polar surface area (TPSA) is 29.5 Å². The van der Waals surface area contributed by atoms with Crippen molar-refractivity contribution in [3.63, 3.8) is 0 Å². The number of aryl methyl sites for hydroxylation is 1. The van der Waals surface area contributed by atoms with E-state index >= 15 is 0 Å². The van der Waals surface area contributed by atoms with E-state index in [2.05, 4.69) is 39.0 Å². The lowest BCUT2D eigenvalue weighted by molar-refractivity contribution is -0.0587. The first-order valence-corrected chi connectivity index (χ1v) is 7.01. The monoisotopic (exact) mass is 260 g/mol. The Morgan fingerprint density at radius 2 is 2.21 bits per heavy atom. The maximum Gasteiger partial charge on any atom is 0.133 e. The van der Waals surface area contributed by atoms with E-state index in [9.17, 15) is 5.11 Å². The molecule has 2 rings (SSSR count). The van der Waals surface area contributed by atoms with E-state index in [0.717, 1.165) is 24.2 Å². The molecule has 2 heteroatoms. The highest BCUT2D eigenvalue weighted by molar-refractivity contribution is 5.40. The van der Waals surface area contributed by atoms with Crippen molar-refractivity contribution in [2.24, 2.45) is 0 Å². The van der Waals surface area contributed by atoms with Gasteiger partial charge in [0.1, 0.15) is 11.4 Å². The van der Waals surface area contributed by atoms with Gasteiger partial charge in [-0.05, 0) is 52.2 Å². The van der Waals surface area contributed by atoms with Crippen molar-refractivity contribution in [3.8, 4) is 5.75 Å². The van der Waals surface area contributed by atoms with Gasteiger partial charge in [-0.2, -0.15) is 0 Å². The fourth-order valence-corrected chi connectivity index (χ4v) is 2.58. The van der Waals surface area contributed by atoms with Crippen molar-refractivity contribution in [3.05, 3.63) is 41.0 Å². The highest BCUT2D eigenvalue weighted by Crippen LogP contribution is 2.36. The van der Waals surface area contributed by atoms with Crippen LogP contribution in [-0.4, -0.2) is 16.8 Å². The third-order valence-electron chi connectivity index (χ3n) is 3.87. The fourth-order valence-electron chi connectivity index (χ4n) is 2.58. The summed E-state index contributed by atoms with van der Waals surface area (Å²) < 4.78 is 6.09. The maximum atomic E-state index is 10.4. The Morgan fingerprint density at radius 1 is 1.47 bits per heavy atom. The number of allylic oxidation sites excluding steroid dienone is 2. The Kier molecular flexibility index (Phi) is 4.00. The van der Waals surface area contributed by atoms with Gasteiger partial charge in [-0.25, -0.2) is 0 Å². The molecular weight excluding hydrogens is 236 g/mol. The molecule has 0 radical (unpaired) electrons. The average Bonchev–Trinajstić information content (AvgIpc) is 2.31. The summed E-state index contributed by atoms with van der Waals surface area (Å²) in [6.45, 7) is 8.27. The fraction of sp³-hybridized carbons (Fsp3) is 0.529. The molecule has 104 valence electrons. The molecule has 0 bridgehead atoms. The summed E-state index contributed by atoms with van der Waals surface area (Å²) >= 11 is 0. The van der Waals surface area contributed by atoms with Crippen molar-refractivity contribution in [1.82, 2.24) is 0 Å². The summed E-state index contributed by atoms with van der Waals surface area (Å²) in [5, 5.41) is 10.4. The zero-order valence-corrected chi connectivity index (χ0v) is 12.4. The van der Waals surface area contributed by atoms with Crippen LogP contribution >= 0.6 is 0 Å². The van der Waals surface area contributed by atoms with Gasteiger partial charge < -0.3 is 9.84 Å². The molecule has 1 aromatic carbocycles. The van der Waals surface area contributed by atoms with Crippen molar-refractivity contribution in [2.45, 2.75) is 58.7 Å². The first-order chi connectivity index (χ1) is 8.90. The van der Waals surface area contributed by atoms with Crippen LogP contribution in [0.3, 0.4) is 0 Å². The van der Waals surface area contributed by atoms with Crippen LogP contribution in [0.4, 0.5) is 0 Å². The lowest BCUT2D eigenvalue weighted by atomic mass is 9.85. The van der Waals surface area contributed by atoms with Gasteiger partial charge in [0.15, 0.2) is 0 Å². The van der Waals surface area contributed by atoms with Gasteiger partial charge in [-0.1, -0.05) is 29.3 Å². The van der Waals surface area contributed by atoms with Crippen LogP contribution < -0.4 is 4.74 Å². The summed E-state index contributed by atoms with van der Waals surface area (Å²) in [4.78, 5) is 0. The minimum Gasteiger partial charge on any atom is -0.485 e. The average molecular weight is 260 g/mol. The first-order valence-electron chi connectivity index (χ1n) is 7.01. The summed E-state index contributed by atoms with van der Waals surface area (Å²) in [6, 6.07) is 6.19. The number of hydrogen-bond donors (Lipinski definition) is 1. The van der Waals surface area contributed by atoms with E-state index in [1.165, 1.54) is 11.1 Å². The molecule has 1 aromatic rings. The van der Waals surface area contributed by atoms with Crippen molar-refractivity contribution in [2.75, 3.05) is 0 Å². The standard InChI is InChI=1S/C17H24O2/c1-12(2)6-5-9-17(4)16(18)11-14-10-13(3)7-8-15(14)19-17/h6-8,10,16,18H,5,9,11H2,1-4H3/t16-,17-/m1/s1. The minimum atomic E-state index is -0.478. The molecule has 0 amide bonds. The van der Waals surface area contributed by atoms with Crippen LogP contribution in [0.15, 0.2) is 29.8 Å². The largest absolute Gasteiger partial charge is 0.485 e. The van der Waals surface area contributed by atoms with Crippen LogP contribution in [0.5, 0.6) is 5.75 Å². The summed E-state index contributed by atoms with van der Waals surface area (Å²) in [5.41, 5.74) is 3.16. The Bertz CT molecular complexity index is 486. The molecule has 0 unspecified atom stereocenters. The number of ether oxygens (including phenoxy) is 1. The summed E-state index contributed by atoms with van der Waals surface area (Å²) in [6.07, 6.45) is 4.23. The number of benzene rings is 1. The summed E-state index contributed by atoms with van der Waals surface area (Å²) in [5.74, 6) is 0.926. The lowest BCUT2D eigenvalue weighted by Crippen LogP contribution is -2.48. The smallest absolute Gasteiger partial charge is 0.133 e. The van der Waals surface area contributed by atoms with Gasteiger partial charge in [0.05, 0.1) is 6.10 Å². The van der Waals surface area contributed by atoms with Crippen molar-refractivity contribution < 1.29 is 9.84 Å². The number of hydrogen-bond acceptors (Lipinski definition) is 2. The van der Waals surface area contributed by atoms with Gasteiger partial charge in [0, 0.05) is 6.42 Å². The molecule has 2 atom stereocenters. The normalized spacial score (nSPS) is 25.4. The second-order valence-electron chi connectivity index (χ2n) is 6.07. The summed E-state index contributed by atoms with van der Waals surface area (Å²) in [7, 11) is 0. The van der Waals surface area contributed by atoms with Gasteiger partial charge in [0.25, 0.3) is 0 Å². The zero-order chi connectivity index (χ0) is 14.0. The van der Waals surface area contributed by atoms with E-state index in [-0.39, 0.29) is 0 Å². The molecule has 1 N–H and O–H groups in total.